The number of nitrogens with zero attached hydrogens (tertiary/aromatic N) is 3. The maximum absolute atomic E-state index is 14.9. The third-order valence-electron chi connectivity index (χ3n) is 7.01. The Labute approximate surface area is 213 Å². The van der Waals surface area contributed by atoms with Gasteiger partial charge in [0, 0.05) is 22.7 Å². The summed E-state index contributed by atoms with van der Waals surface area (Å²) in [5, 5.41) is 3.60. The largest absolute Gasteiger partial charge is 0.493 e. The lowest BCUT2D eigenvalue weighted by atomic mass is 10.0. The van der Waals surface area contributed by atoms with Crippen LogP contribution < -0.4 is 20.5 Å². The van der Waals surface area contributed by atoms with Crippen LogP contribution in [0.1, 0.15) is 49.7 Å². The Kier molecular flexibility index (Phi) is 7.11. The molecule has 37 heavy (non-hydrogen) atoms. The van der Waals surface area contributed by atoms with E-state index in [1.165, 1.54) is 13.2 Å². The molecule has 2 atom stereocenters. The van der Waals surface area contributed by atoms with Gasteiger partial charge in [-0.25, -0.2) is 14.4 Å². The van der Waals surface area contributed by atoms with Gasteiger partial charge < -0.3 is 20.5 Å². The predicted octanol–water partition coefficient (Wildman–Crippen LogP) is 5.72. The second-order valence-electron chi connectivity index (χ2n) is 9.79. The van der Waals surface area contributed by atoms with Gasteiger partial charge in [-0.2, -0.15) is 13.2 Å². The first-order valence-electron chi connectivity index (χ1n) is 12.0. The van der Waals surface area contributed by atoms with Gasteiger partial charge in [-0.3, -0.25) is 4.90 Å². The number of nitrogen functional groups attached to an aromatic ring is 1. The highest BCUT2D eigenvalue weighted by molar-refractivity contribution is 5.92. The first-order chi connectivity index (χ1) is 17.3. The maximum atomic E-state index is 14.9. The van der Waals surface area contributed by atoms with E-state index in [9.17, 15) is 17.6 Å². The van der Waals surface area contributed by atoms with Crippen molar-refractivity contribution in [3.8, 4) is 11.5 Å². The quantitative estimate of drug-likeness (QED) is 0.304. The first-order valence-corrected chi connectivity index (χ1v) is 12.0. The number of methoxy groups -OCH3 is 1. The van der Waals surface area contributed by atoms with Crippen molar-refractivity contribution in [2.75, 3.05) is 38.4 Å². The maximum Gasteiger partial charge on any atom is 0.419 e. The van der Waals surface area contributed by atoms with Gasteiger partial charge >= 0.3 is 6.18 Å². The molecule has 1 aliphatic rings. The van der Waals surface area contributed by atoms with Gasteiger partial charge in [0.15, 0.2) is 11.5 Å². The molecule has 11 heteroatoms. The molecular formula is C26H31F4N5O2. The Hall–Kier alpha value is -3.34. The highest BCUT2D eigenvalue weighted by atomic mass is 19.4. The third-order valence-corrected chi connectivity index (χ3v) is 7.01. The normalized spacial score (nSPS) is 19.3. The van der Waals surface area contributed by atoms with Crippen LogP contribution >= 0.6 is 0 Å². The molecular weight excluding hydrogens is 490 g/mol. The fraction of sp³-hybridized carbons (Fsp3) is 0.462. The summed E-state index contributed by atoms with van der Waals surface area (Å²) in [5.74, 6) is 0.334. The van der Waals surface area contributed by atoms with Crippen LogP contribution in [0.25, 0.3) is 10.9 Å². The number of aromatic nitrogens is 2. The molecule has 1 fully saturated rings. The van der Waals surface area contributed by atoms with Gasteiger partial charge in [0.05, 0.1) is 29.8 Å². The topological polar surface area (TPSA) is 85.5 Å². The summed E-state index contributed by atoms with van der Waals surface area (Å²) in [5.41, 5.74) is 4.27. The van der Waals surface area contributed by atoms with Gasteiger partial charge in [-0.1, -0.05) is 0 Å². The van der Waals surface area contributed by atoms with E-state index in [2.05, 4.69) is 34.2 Å². The van der Waals surface area contributed by atoms with Crippen LogP contribution in [0.15, 0.2) is 24.3 Å². The predicted molar refractivity (Wildman–Crippen MR) is 134 cm³/mol. The Balaban J connectivity index is 1.71. The molecule has 7 nitrogen and oxygen atoms in total. The number of halogens is 4. The van der Waals surface area contributed by atoms with Gasteiger partial charge in [-0.05, 0) is 65.4 Å². The second kappa shape index (κ2) is 9.85. The van der Waals surface area contributed by atoms with Crippen LogP contribution in [0.5, 0.6) is 11.5 Å². The Morgan fingerprint density at radius 1 is 1.19 bits per heavy atom. The summed E-state index contributed by atoms with van der Waals surface area (Å²) in [7, 11) is 3.60. The molecule has 0 radical (unpaired) electrons. The summed E-state index contributed by atoms with van der Waals surface area (Å²) < 4.78 is 66.7. The fourth-order valence-electron chi connectivity index (χ4n) is 4.68. The minimum atomic E-state index is -4.88. The molecule has 3 N–H and O–H groups in total. The van der Waals surface area contributed by atoms with Crippen molar-refractivity contribution in [2.45, 2.75) is 51.4 Å². The van der Waals surface area contributed by atoms with Crippen LogP contribution in [0.2, 0.25) is 0 Å². The Morgan fingerprint density at radius 2 is 1.92 bits per heavy atom. The van der Waals surface area contributed by atoms with E-state index in [-0.39, 0.29) is 16.8 Å². The summed E-state index contributed by atoms with van der Waals surface area (Å²) in [4.78, 5) is 11.2. The zero-order valence-electron chi connectivity index (χ0n) is 21.5. The lowest BCUT2D eigenvalue weighted by Gasteiger charge is -2.32. The van der Waals surface area contributed by atoms with E-state index in [4.69, 9.17) is 15.2 Å². The number of anilines is 2. The van der Waals surface area contributed by atoms with Gasteiger partial charge in [-0.15, -0.1) is 0 Å². The van der Waals surface area contributed by atoms with Crippen molar-refractivity contribution in [2.24, 2.45) is 0 Å². The van der Waals surface area contributed by atoms with Crippen LogP contribution in [0.4, 0.5) is 29.1 Å². The van der Waals surface area contributed by atoms with Crippen molar-refractivity contribution in [1.82, 2.24) is 14.9 Å². The van der Waals surface area contributed by atoms with Crippen molar-refractivity contribution in [3.05, 3.63) is 47.0 Å². The van der Waals surface area contributed by atoms with E-state index in [0.717, 1.165) is 19.4 Å². The second-order valence-corrected chi connectivity index (χ2v) is 9.79. The highest BCUT2D eigenvalue weighted by Crippen LogP contribution is 2.39. The Bertz CT molecular complexity index is 1320. The lowest BCUT2D eigenvalue weighted by Crippen LogP contribution is -2.43. The molecule has 0 aliphatic carbocycles. The van der Waals surface area contributed by atoms with Crippen molar-refractivity contribution in [1.29, 1.82) is 0 Å². The number of alkyl halides is 3. The van der Waals surface area contributed by atoms with E-state index >= 15 is 0 Å². The molecule has 0 bridgehead atoms. The van der Waals surface area contributed by atoms with Crippen molar-refractivity contribution >= 4 is 22.4 Å². The number of aryl methyl sites for hydroxylation is 1. The van der Waals surface area contributed by atoms with Gasteiger partial charge in [0.1, 0.15) is 24.1 Å². The molecule has 0 unspecified atom stereocenters. The van der Waals surface area contributed by atoms with Crippen molar-refractivity contribution < 1.29 is 27.0 Å². The molecule has 200 valence electrons. The summed E-state index contributed by atoms with van der Waals surface area (Å²) in [6.07, 6.45) is -2.79. The summed E-state index contributed by atoms with van der Waals surface area (Å²) in [6.45, 7) is 6.80. The number of nitrogens with one attached hydrogen (secondary N) is 1. The minimum absolute atomic E-state index is 0.125. The molecule has 2 heterocycles. The van der Waals surface area contributed by atoms with Gasteiger partial charge in [0.2, 0.25) is 0 Å². The zero-order chi connectivity index (χ0) is 27.1. The molecule has 4 rings (SSSR count). The number of likely N-dealkylation sites (tertiary alicyclic amines) is 1. The van der Waals surface area contributed by atoms with Crippen LogP contribution in [0.3, 0.4) is 0 Å². The standard InChI is InChI=1S/C26H31F4N5O2/c1-14(17-9-16(31)10-19(23(17)27)26(28,29)30)32-24-18-11-22(37-13-25(3)7-6-8-35(25)4)21(36-5)12-20(18)33-15(2)34-24/h9-12,14H,6-8,13,31H2,1-5H3,(H,32,33,34)/t14-,25+/m1/s1. The molecule has 1 aromatic heterocycles. The van der Waals surface area contributed by atoms with E-state index in [0.29, 0.717) is 46.7 Å². The van der Waals surface area contributed by atoms with Crippen LogP contribution in [-0.4, -0.2) is 47.7 Å². The molecule has 0 spiro atoms. The van der Waals surface area contributed by atoms with Gasteiger partial charge in [0.25, 0.3) is 0 Å². The number of rotatable bonds is 7. The molecule has 0 amide bonds. The fourth-order valence-corrected chi connectivity index (χ4v) is 4.68. The third kappa shape index (κ3) is 5.36. The molecule has 1 saturated heterocycles. The number of likely N-dealkylation sites (N-methyl/N-ethyl adjacent to an activating group) is 1. The first kappa shape index (κ1) is 26.7. The molecule has 3 aromatic rings. The highest BCUT2D eigenvalue weighted by Gasteiger charge is 2.37. The molecule has 1 aliphatic heterocycles. The average Bonchev–Trinajstić information content (AvgIpc) is 3.15. The monoisotopic (exact) mass is 521 g/mol. The van der Waals surface area contributed by atoms with Crippen molar-refractivity contribution in [3.63, 3.8) is 0 Å². The zero-order valence-corrected chi connectivity index (χ0v) is 21.5. The number of benzene rings is 2. The SMILES string of the molecule is COc1cc2nc(C)nc(N[C@H](C)c3cc(N)cc(C(F)(F)F)c3F)c2cc1OC[C@]1(C)CCCN1C. The van der Waals surface area contributed by atoms with Crippen LogP contribution in [-0.2, 0) is 6.18 Å². The minimum Gasteiger partial charge on any atom is -0.493 e. The van der Waals surface area contributed by atoms with E-state index < -0.39 is 23.6 Å². The smallest absolute Gasteiger partial charge is 0.419 e. The summed E-state index contributed by atoms with van der Waals surface area (Å²) in [6, 6.07) is 4.35. The Morgan fingerprint density at radius 3 is 2.54 bits per heavy atom. The number of hydrogen-bond acceptors (Lipinski definition) is 7. The number of nitrogens with two attached hydrogens (primary N) is 1. The van der Waals surface area contributed by atoms with E-state index in [1.807, 2.05) is 0 Å². The lowest BCUT2D eigenvalue weighted by molar-refractivity contribution is -0.140. The van der Waals surface area contributed by atoms with Crippen LogP contribution in [0, 0.1) is 12.7 Å². The number of ether oxygens (including phenoxy) is 2. The number of fused-ring (bicyclic) bond motifs is 1. The summed E-state index contributed by atoms with van der Waals surface area (Å²) >= 11 is 0. The van der Waals surface area contributed by atoms with E-state index in [1.54, 1.807) is 26.0 Å². The number of hydrogen-bond donors (Lipinski definition) is 2. The molecule has 0 saturated carbocycles. The molecule has 2 aromatic carbocycles. The average molecular weight is 522 g/mol.